The molecule has 0 aliphatic rings. The van der Waals surface area contributed by atoms with Crippen molar-refractivity contribution in [2.45, 2.75) is 12.5 Å². The Hall–Kier alpha value is -0.180. The van der Waals surface area contributed by atoms with E-state index in [-0.39, 0.29) is 5.75 Å². The minimum absolute atomic E-state index is 0.251. The summed E-state index contributed by atoms with van der Waals surface area (Å²) in [5.74, 6) is -0.146. The lowest BCUT2D eigenvalue weighted by Gasteiger charge is -2.08. The van der Waals surface area contributed by atoms with Crippen molar-refractivity contribution in [1.82, 2.24) is 5.32 Å². The third-order valence-electron chi connectivity index (χ3n) is 1.59. The van der Waals surface area contributed by atoms with Crippen LogP contribution >= 0.6 is 24.0 Å². The van der Waals surface area contributed by atoms with Gasteiger partial charge in [0, 0.05) is 35.1 Å². The first-order valence-corrected chi connectivity index (χ1v) is 7.74. The maximum absolute atomic E-state index is 10.7. The highest BCUT2D eigenvalue weighted by atomic mass is 32.2. The Morgan fingerprint density at radius 2 is 2.31 bits per heavy atom. The lowest BCUT2D eigenvalue weighted by Crippen LogP contribution is -2.34. The summed E-state index contributed by atoms with van der Waals surface area (Å²) in [6.07, 6.45) is 2.42. The van der Waals surface area contributed by atoms with Gasteiger partial charge in [0.15, 0.2) is 0 Å². The Kier molecular flexibility index (Phi) is 8.81. The molecule has 0 spiro atoms. The van der Waals surface area contributed by atoms with Gasteiger partial charge in [-0.1, -0.05) is 24.0 Å². The molecule has 0 saturated carbocycles. The second-order valence-electron chi connectivity index (χ2n) is 3.10. The van der Waals surface area contributed by atoms with E-state index >= 15 is 0 Å². The van der Waals surface area contributed by atoms with Gasteiger partial charge >= 0.3 is 5.97 Å². The third kappa shape index (κ3) is 9.08. The van der Waals surface area contributed by atoms with Crippen LogP contribution in [-0.2, 0) is 15.6 Å². The second-order valence-corrected chi connectivity index (χ2v) is 6.35. The molecule has 4 N–H and O–H groups in total. The zero-order valence-electron chi connectivity index (χ0n) is 8.97. The molecule has 0 aromatic rings. The molecule has 0 aliphatic heterocycles. The van der Waals surface area contributed by atoms with Crippen LogP contribution in [0, 0.1) is 0 Å². The van der Waals surface area contributed by atoms with Gasteiger partial charge in [-0.3, -0.25) is 9.00 Å². The average Bonchev–Trinajstić information content (AvgIpc) is 2.20. The molecule has 2 unspecified atom stereocenters. The molecule has 0 amide bonds. The van der Waals surface area contributed by atoms with E-state index in [9.17, 15) is 9.00 Å². The quantitative estimate of drug-likeness (QED) is 0.439. The molecule has 0 bridgehead atoms. The molecule has 2 atom stereocenters. The minimum Gasteiger partial charge on any atom is -0.480 e. The van der Waals surface area contributed by atoms with Crippen molar-refractivity contribution in [2.24, 2.45) is 5.73 Å². The number of hydrogen-bond acceptors (Lipinski definition) is 5. The number of nitrogens with two attached hydrogens (primary N) is 1. The van der Waals surface area contributed by atoms with E-state index in [0.717, 1.165) is 6.42 Å². The van der Waals surface area contributed by atoms with Crippen LogP contribution in [0.5, 0.6) is 0 Å². The summed E-state index contributed by atoms with van der Waals surface area (Å²) < 4.78 is 11.3. The molecular formula is C8H16N2O3S3. The number of thioether (sulfide) groups is 1. The van der Waals surface area contributed by atoms with Gasteiger partial charge < -0.3 is 16.2 Å². The Morgan fingerprint density at radius 1 is 1.69 bits per heavy atom. The van der Waals surface area contributed by atoms with E-state index in [1.54, 1.807) is 6.26 Å². The average molecular weight is 284 g/mol. The lowest BCUT2D eigenvalue weighted by atomic mass is 10.4. The number of rotatable bonds is 7. The van der Waals surface area contributed by atoms with E-state index in [1.165, 1.54) is 11.8 Å². The fourth-order valence-electron chi connectivity index (χ4n) is 0.754. The van der Waals surface area contributed by atoms with Crippen LogP contribution in [0.25, 0.3) is 0 Å². The standard InChI is InChI=1S/C8H16N2O3S3/c1-16(13)4-2-3-10-8(14)15-5-6(9)7(11)12/h6H,2-5,9H2,1H3,(H,10,14)(H,11,12). The molecule has 0 rings (SSSR count). The first-order valence-electron chi connectivity index (χ1n) is 4.62. The number of nitrogens with one attached hydrogen (secondary N) is 1. The predicted molar refractivity (Wildman–Crippen MR) is 72.2 cm³/mol. The fourth-order valence-corrected chi connectivity index (χ4v) is 2.29. The predicted octanol–water partition coefficient (Wildman–Crippen LogP) is -0.225. The second kappa shape index (κ2) is 8.91. The number of hydrogen-bond donors (Lipinski definition) is 3. The normalized spacial score (nSPS) is 14.1. The molecule has 94 valence electrons. The molecular weight excluding hydrogens is 268 g/mol. The smallest absolute Gasteiger partial charge is 0.321 e. The van der Waals surface area contributed by atoms with Crippen molar-refractivity contribution < 1.29 is 14.1 Å². The summed E-state index contributed by atoms with van der Waals surface area (Å²) in [6.45, 7) is 0.647. The van der Waals surface area contributed by atoms with Crippen molar-refractivity contribution >= 4 is 45.1 Å². The van der Waals surface area contributed by atoms with E-state index in [1.807, 2.05) is 0 Å². The summed E-state index contributed by atoms with van der Waals surface area (Å²) in [5, 5.41) is 11.5. The number of carbonyl (C=O) groups is 1. The van der Waals surface area contributed by atoms with Gasteiger partial charge in [-0.05, 0) is 6.42 Å². The van der Waals surface area contributed by atoms with E-state index in [0.29, 0.717) is 16.6 Å². The number of carboxylic acids is 1. The van der Waals surface area contributed by atoms with Crippen molar-refractivity contribution in [3.05, 3.63) is 0 Å². The topological polar surface area (TPSA) is 92.4 Å². The molecule has 0 aromatic carbocycles. The van der Waals surface area contributed by atoms with Gasteiger partial charge in [-0.15, -0.1) is 0 Å². The Balaban J connectivity index is 3.52. The zero-order chi connectivity index (χ0) is 12.6. The minimum atomic E-state index is -1.03. The van der Waals surface area contributed by atoms with Gasteiger partial charge in [-0.25, -0.2) is 0 Å². The van der Waals surface area contributed by atoms with Gasteiger partial charge in [0.25, 0.3) is 0 Å². The van der Waals surface area contributed by atoms with E-state index in [4.69, 9.17) is 23.1 Å². The highest BCUT2D eigenvalue weighted by Crippen LogP contribution is 2.03. The maximum atomic E-state index is 10.7. The van der Waals surface area contributed by atoms with Crippen LogP contribution in [0.4, 0.5) is 0 Å². The van der Waals surface area contributed by atoms with Crippen LogP contribution in [0.3, 0.4) is 0 Å². The van der Waals surface area contributed by atoms with Crippen LogP contribution in [0.2, 0.25) is 0 Å². The van der Waals surface area contributed by atoms with Gasteiger partial charge in [0.05, 0.1) is 0 Å². The van der Waals surface area contributed by atoms with Crippen LogP contribution in [0.1, 0.15) is 6.42 Å². The third-order valence-corrected chi connectivity index (χ3v) is 3.88. The molecule has 0 aromatic heterocycles. The fraction of sp³-hybridized carbons (Fsp3) is 0.750. The molecule has 16 heavy (non-hydrogen) atoms. The van der Waals surface area contributed by atoms with Gasteiger partial charge in [0.1, 0.15) is 10.4 Å². The van der Waals surface area contributed by atoms with E-state index in [2.05, 4.69) is 5.32 Å². The Morgan fingerprint density at radius 3 is 2.81 bits per heavy atom. The molecule has 0 heterocycles. The van der Waals surface area contributed by atoms with Crippen molar-refractivity contribution in [3.63, 3.8) is 0 Å². The first kappa shape index (κ1) is 15.8. The highest BCUT2D eigenvalue weighted by molar-refractivity contribution is 8.23. The molecule has 8 heteroatoms. The van der Waals surface area contributed by atoms with Crippen molar-refractivity contribution in [2.75, 3.05) is 24.3 Å². The Bertz CT molecular complexity index is 273. The van der Waals surface area contributed by atoms with E-state index < -0.39 is 22.8 Å². The zero-order valence-corrected chi connectivity index (χ0v) is 11.4. The number of thiocarbonyl (C=S) groups is 1. The molecule has 0 fully saturated rings. The molecule has 0 aliphatic carbocycles. The summed E-state index contributed by atoms with van der Waals surface area (Å²) in [5.41, 5.74) is 5.31. The van der Waals surface area contributed by atoms with Gasteiger partial charge in [-0.2, -0.15) is 0 Å². The number of aliphatic carboxylic acids is 1. The summed E-state index contributed by atoms with van der Waals surface area (Å²) >= 11 is 6.18. The number of carboxylic acid groups (broad SMARTS) is 1. The SMILES string of the molecule is CS(=O)CCCNC(=S)SCC(N)C(=O)O. The monoisotopic (exact) mass is 284 g/mol. The first-order chi connectivity index (χ1) is 7.43. The molecule has 0 radical (unpaired) electrons. The summed E-state index contributed by atoms with van der Waals surface area (Å²) in [6, 6.07) is -0.895. The molecule has 5 nitrogen and oxygen atoms in total. The highest BCUT2D eigenvalue weighted by Gasteiger charge is 2.12. The van der Waals surface area contributed by atoms with Crippen LogP contribution in [-0.4, -0.2) is 50.0 Å². The summed E-state index contributed by atoms with van der Waals surface area (Å²) in [4.78, 5) is 10.4. The van der Waals surface area contributed by atoms with Crippen LogP contribution < -0.4 is 11.1 Å². The lowest BCUT2D eigenvalue weighted by molar-refractivity contribution is -0.137. The van der Waals surface area contributed by atoms with Crippen LogP contribution in [0.15, 0.2) is 0 Å². The van der Waals surface area contributed by atoms with Crippen molar-refractivity contribution in [1.29, 1.82) is 0 Å². The van der Waals surface area contributed by atoms with Crippen molar-refractivity contribution in [3.8, 4) is 0 Å². The maximum Gasteiger partial charge on any atom is 0.321 e. The largest absolute Gasteiger partial charge is 0.480 e. The molecule has 0 saturated heterocycles. The Labute approximate surface area is 107 Å². The van der Waals surface area contributed by atoms with Gasteiger partial charge in [0.2, 0.25) is 0 Å². The summed E-state index contributed by atoms with van der Waals surface area (Å²) in [7, 11) is -0.785.